The van der Waals surface area contributed by atoms with Crippen molar-refractivity contribution in [3.8, 4) is 0 Å². The highest BCUT2D eigenvalue weighted by molar-refractivity contribution is 5.80. The van der Waals surface area contributed by atoms with E-state index in [9.17, 15) is 4.79 Å². The summed E-state index contributed by atoms with van der Waals surface area (Å²) in [6, 6.07) is 9.83. The molecule has 2 N–H and O–H groups in total. The molecule has 0 aromatic heterocycles. The van der Waals surface area contributed by atoms with Gasteiger partial charge < -0.3 is 10.6 Å². The van der Waals surface area contributed by atoms with Gasteiger partial charge in [0.05, 0.1) is 6.54 Å². The van der Waals surface area contributed by atoms with Crippen LogP contribution in [0.4, 0.5) is 5.69 Å². The van der Waals surface area contributed by atoms with Crippen molar-refractivity contribution in [2.75, 3.05) is 18.4 Å². The van der Waals surface area contributed by atoms with Crippen molar-refractivity contribution in [3.63, 3.8) is 0 Å². The van der Waals surface area contributed by atoms with E-state index in [-0.39, 0.29) is 5.91 Å². The minimum absolute atomic E-state index is 0.0830. The summed E-state index contributed by atoms with van der Waals surface area (Å²) < 4.78 is 0. The van der Waals surface area contributed by atoms with Gasteiger partial charge in [-0.1, -0.05) is 50.3 Å². The molecule has 0 saturated heterocycles. The van der Waals surface area contributed by atoms with E-state index in [4.69, 9.17) is 0 Å². The number of carbonyl (C=O) groups is 1. The highest BCUT2D eigenvalue weighted by atomic mass is 16.1. The van der Waals surface area contributed by atoms with Crippen LogP contribution >= 0.6 is 0 Å². The topological polar surface area (TPSA) is 41.1 Å². The van der Waals surface area contributed by atoms with Crippen LogP contribution in [-0.2, 0) is 4.79 Å². The van der Waals surface area contributed by atoms with Crippen LogP contribution in [0.15, 0.2) is 30.3 Å². The van der Waals surface area contributed by atoms with Gasteiger partial charge in [0, 0.05) is 12.2 Å². The predicted octanol–water partition coefficient (Wildman–Crippen LogP) is 3.19. The quantitative estimate of drug-likeness (QED) is 0.824. The van der Waals surface area contributed by atoms with Crippen molar-refractivity contribution >= 4 is 11.6 Å². The first kappa shape index (κ1) is 13.9. The monoisotopic (exact) mass is 260 g/mol. The minimum Gasteiger partial charge on any atom is -0.376 e. The molecule has 1 aromatic carbocycles. The Morgan fingerprint density at radius 2 is 1.84 bits per heavy atom. The van der Waals surface area contributed by atoms with Crippen LogP contribution in [0.5, 0.6) is 0 Å². The Morgan fingerprint density at radius 1 is 1.11 bits per heavy atom. The van der Waals surface area contributed by atoms with Crippen molar-refractivity contribution in [1.29, 1.82) is 0 Å². The van der Waals surface area contributed by atoms with E-state index in [1.165, 1.54) is 32.1 Å². The fourth-order valence-electron chi connectivity index (χ4n) is 2.69. The molecule has 104 valence electrons. The van der Waals surface area contributed by atoms with Crippen molar-refractivity contribution in [3.05, 3.63) is 30.3 Å². The molecule has 1 aliphatic carbocycles. The lowest BCUT2D eigenvalue weighted by atomic mass is 9.87. The Balaban J connectivity index is 1.57. The maximum Gasteiger partial charge on any atom is 0.239 e. The van der Waals surface area contributed by atoms with Crippen molar-refractivity contribution in [2.24, 2.45) is 5.92 Å². The summed E-state index contributed by atoms with van der Waals surface area (Å²) in [5.41, 5.74) is 0.991. The number of anilines is 1. The van der Waals surface area contributed by atoms with Crippen molar-refractivity contribution in [1.82, 2.24) is 5.32 Å². The molecule has 3 heteroatoms. The van der Waals surface area contributed by atoms with E-state index in [1.807, 2.05) is 30.3 Å². The van der Waals surface area contributed by atoms with Gasteiger partial charge in [0.25, 0.3) is 0 Å². The Labute approximate surface area is 115 Å². The molecule has 0 bridgehead atoms. The average molecular weight is 260 g/mol. The van der Waals surface area contributed by atoms with Gasteiger partial charge in [-0.2, -0.15) is 0 Å². The minimum atomic E-state index is 0.0830. The molecule has 0 aliphatic heterocycles. The zero-order valence-corrected chi connectivity index (χ0v) is 11.5. The first-order valence-electron chi connectivity index (χ1n) is 7.40. The lowest BCUT2D eigenvalue weighted by Crippen LogP contribution is -2.31. The van der Waals surface area contributed by atoms with E-state index < -0.39 is 0 Å². The molecule has 0 atom stereocenters. The van der Waals surface area contributed by atoms with E-state index in [2.05, 4.69) is 10.6 Å². The second-order valence-corrected chi connectivity index (χ2v) is 5.36. The summed E-state index contributed by atoms with van der Waals surface area (Å²) in [6.07, 6.45) is 7.96. The van der Waals surface area contributed by atoms with Gasteiger partial charge in [0.15, 0.2) is 0 Å². The zero-order chi connectivity index (χ0) is 13.3. The normalized spacial score (nSPS) is 16.0. The zero-order valence-electron chi connectivity index (χ0n) is 11.5. The van der Waals surface area contributed by atoms with Crippen LogP contribution in [-0.4, -0.2) is 19.0 Å². The molecule has 0 radical (unpaired) electrons. The Morgan fingerprint density at radius 3 is 2.58 bits per heavy atom. The third-order valence-electron chi connectivity index (χ3n) is 3.83. The number of para-hydroxylation sites is 1. The van der Waals surface area contributed by atoms with E-state index in [0.717, 1.165) is 24.6 Å². The number of nitrogens with one attached hydrogen (secondary N) is 2. The van der Waals surface area contributed by atoms with E-state index >= 15 is 0 Å². The van der Waals surface area contributed by atoms with Crippen LogP contribution in [0, 0.1) is 5.92 Å². The second-order valence-electron chi connectivity index (χ2n) is 5.36. The van der Waals surface area contributed by atoms with Crippen LogP contribution < -0.4 is 10.6 Å². The van der Waals surface area contributed by atoms with Gasteiger partial charge in [0.1, 0.15) is 0 Å². The van der Waals surface area contributed by atoms with Gasteiger partial charge in [-0.3, -0.25) is 4.79 Å². The fraction of sp³-hybridized carbons (Fsp3) is 0.562. The highest BCUT2D eigenvalue weighted by Gasteiger charge is 2.13. The number of hydrogen-bond acceptors (Lipinski definition) is 2. The number of benzene rings is 1. The highest BCUT2D eigenvalue weighted by Crippen LogP contribution is 2.25. The standard InChI is InChI=1S/C16H24N2O/c19-16(13-18-15-9-5-2-6-10-15)17-12-11-14-7-3-1-4-8-14/h2,5-6,9-10,14,18H,1,3-4,7-8,11-13H2,(H,17,19). The van der Waals surface area contributed by atoms with E-state index in [1.54, 1.807) is 0 Å². The molecule has 1 aromatic rings. The summed E-state index contributed by atoms with van der Waals surface area (Å²) in [5.74, 6) is 0.913. The Hall–Kier alpha value is -1.51. The van der Waals surface area contributed by atoms with E-state index in [0.29, 0.717) is 6.54 Å². The first-order valence-corrected chi connectivity index (χ1v) is 7.40. The van der Waals surface area contributed by atoms with Gasteiger partial charge in [-0.05, 0) is 24.5 Å². The van der Waals surface area contributed by atoms with Crippen LogP contribution in [0.1, 0.15) is 38.5 Å². The number of carbonyl (C=O) groups excluding carboxylic acids is 1. The predicted molar refractivity (Wildman–Crippen MR) is 79.1 cm³/mol. The van der Waals surface area contributed by atoms with Crippen LogP contribution in [0.3, 0.4) is 0 Å². The van der Waals surface area contributed by atoms with Gasteiger partial charge in [-0.15, -0.1) is 0 Å². The fourth-order valence-corrected chi connectivity index (χ4v) is 2.69. The van der Waals surface area contributed by atoms with Crippen LogP contribution in [0.25, 0.3) is 0 Å². The molecule has 0 spiro atoms. The number of hydrogen-bond donors (Lipinski definition) is 2. The summed E-state index contributed by atoms with van der Waals surface area (Å²) in [5, 5.41) is 6.12. The van der Waals surface area contributed by atoms with Crippen LogP contribution in [0.2, 0.25) is 0 Å². The second kappa shape index (κ2) is 7.82. The lowest BCUT2D eigenvalue weighted by molar-refractivity contribution is -0.119. The SMILES string of the molecule is O=C(CNc1ccccc1)NCCC1CCCCC1. The molecule has 0 unspecified atom stereocenters. The summed E-state index contributed by atoms with van der Waals surface area (Å²) >= 11 is 0. The number of rotatable bonds is 6. The first-order chi connectivity index (χ1) is 9.34. The molecule has 1 saturated carbocycles. The summed E-state index contributed by atoms with van der Waals surface area (Å²) in [6.45, 7) is 1.18. The van der Waals surface area contributed by atoms with Gasteiger partial charge in [-0.25, -0.2) is 0 Å². The maximum absolute atomic E-state index is 11.7. The summed E-state index contributed by atoms with van der Waals surface area (Å²) in [4.78, 5) is 11.7. The molecular weight excluding hydrogens is 236 g/mol. The Kier molecular flexibility index (Phi) is 5.73. The lowest BCUT2D eigenvalue weighted by Gasteiger charge is -2.21. The summed E-state index contributed by atoms with van der Waals surface area (Å²) in [7, 11) is 0. The molecule has 1 fully saturated rings. The smallest absolute Gasteiger partial charge is 0.239 e. The molecule has 19 heavy (non-hydrogen) atoms. The molecule has 1 aliphatic rings. The van der Waals surface area contributed by atoms with Gasteiger partial charge in [0.2, 0.25) is 5.91 Å². The van der Waals surface area contributed by atoms with Crippen molar-refractivity contribution in [2.45, 2.75) is 38.5 Å². The third kappa shape index (κ3) is 5.33. The largest absolute Gasteiger partial charge is 0.376 e. The van der Waals surface area contributed by atoms with Gasteiger partial charge >= 0.3 is 0 Å². The van der Waals surface area contributed by atoms with Crippen molar-refractivity contribution < 1.29 is 4.79 Å². The molecule has 0 heterocycles. The average Bonchev–Trinajstić information content (AvgIpc) is 2.47. The molecule has 1 amide bonds. The Bertz CT molecular complexity index is 372. The molecule has 3 nitrogen and oxygen atoms in total. The molecular formula is C16H24N2O. The number of amides is 1. The molecule has 2 rings (SSSR count). The maximum atomic E-state index is 11.7. The third-order valence-corrected chi connectivity index (χ3v) is 3.83.